The lowest BCUT2D eigenvalue weighted by molar-refractivity contribution is -0.384. The number of nitrogens with one attached hydrogen (secondary N) is 1. The Kier molecular flexibility index (Phi) is 6.24. The molecular weight excluding hydrogens is 390 g/mol. The summed E-state index contributed by atoms with van der Waals surface area (Å²) in [4.78, 5) is 22.1. The number of nitro groups is 1. The minimum atomic E-state index is -0.483. The van der Waals surface area contributed by atoms with E-state index in [0.29, 0.717) is 17.0 Å². The van der Waals surface area contributed by atoms with Gasteiger partial charge in [-0.2, -0.15) is 5.10 Å². The van der Waals surface area contributed by atoms with E-state index in [-0.39, 0.29) is 12.3 Å². The summed E-state index contributed by atoms with van der Waals surface area (Å²) in [7, 11) is 0. The molecule has 2 rings (SSSR count). The van der Waals surface area contributed by atoms with Crippen LogP contribution in [0.3, 0.4) is 0 Å². The number of hydrazone groups is 1. The highest BCUT2D eigenvalue weighted by atomic mass is 79.9. The van der Waals surface area contributed by atoms with Crippen LogP contribution >= 0.6 is 15.9 Å². The van der Waals surface area contributed by atoms with Crippen molar-refractivity contribution in [2.75, 3.05) is 6.61 Å². The number of rotatable bonds is 6. The molecule has 8 heteroatoms. The molecule has 0 aliphatic carbocycles. The average molecular weight is 406 g/mol. The maximum Gasteiger partial charge on any atom is 0.277 e. The fourth-order valence-electron chi connectivity index (χ4n) is 1.94. The molecule has 0 atom stereocenters. The predicted molar refractivity (Wildman–Crippen MR) is 97.8 cm³/mol. The zero-order valence-electron chi connectivity index (χ0n) is 13.7. The van der Waals surface area contributed by atoms with E-state index in [4.69, 9.17) is 4.74 Å². The number of benzene rings is 2. The van der Waals surface area contributed by atoms with Gasteiger partial charge in [-0.05, 0) is 37.6 Å². The molecule has 2 aromatic rings. The van der Waals surface area contributed by atoms with Crippen molar-refractivity contribution in [3.63, 3.8) is 0 Å². The van der Waals surface area contributed by atoms with Crippen LogP contribution in [0.2, 0.25) is 0 Å². The van der Waals surface area contributed by atoms with E-state index in [2.05, 4.69) is 26.5 Å². The quantitative estimate of drug-likeness (QED) is 0.451. The highest BCUT2D eigenvalue weighted by molar-refractivity contribution is 9.10. The Bertz CT molecular complexity index is 836. The summed E-state index contributed by atoms with van der Waals surface area (Å²) >= 11 is 3.39. The van der Waals surface area contributed by atoms with Gasteiger partial charge in [0.15, 0.2) is 6.61 Å². The van der Waals surface area contributed by atoms with Crippen molar-refractivity contribution >= 4 is 33.2 Å². The lowest BCUT2D eigenvalue weighted by Gasteiger charge is -2.07. The Morgan fingerprint density at radius 3 is 2.76 bits per heavy atom. The van der Waals surface area contributed by atoms with E-state index >= 15 is 0 Å². The van der Waals surface area contributed by atoms with Gasteiger partial charge >= 0.3 is 0 Å². The number of hydrogen-bond acceptors (Lipinski definition) is 5. The Hall–Kier alpha value is -2.74. The molecular formula is C17H16BrN3O4. The summed E-state index contributed by atoms with van der Waals surface area (Å²) in [6.45, 7) is 3.38. The first-order valence-electron chi connectivity index (χ1n) is 7.33. The van der Waals surface area contributed by atoms with Crippen LogP contribution in [0.25, 0.3) is 0 Å². The minimum absolute atomic E-state index is 0.0349. The lowest BCUT2D eigenvalue weighted by atomic mass is 10.1. The van der Waals surface area contributed by atoms with E-state index in [1.165, 1.54) is 12.1 Å². The smallest absolute Gasteiger partial charge is 0.277 e. The van der Waals surface area contributed by atoms with Gasteiger partial charge in [0, 0.05) is 22.2 Å². The number of aryl methyl sites for hydroxylation is 1. The third kappa shape index (κ3) is 5.39. The van der Waals surface area contributed by atoms with E-state index in [0.717, 1.165) is 10.0 Å². The molecule has 0 aromatic heterocycles. The number of carbonyl (C=O) groups excluding carboxylic acids is 1. The van der Waals surface area contributed by atoms with Crippen molar-refractivity contribution in [1.82, 2.24) is 5.43 Å². The molecule has 0 saturated heterocycles. The van der Waals surface area contributed by atoms with Crippen molar-refractivity contribution < 1.29 is 14.5 Å². The molecule has 0 aliphatic heterocycles. The Morgan fingerprint density at radius 1 is 1.32 bits per heavy atom. The van der Waals surface area contributed by atoms with Crippen molar-refractivity contribution in [3.8, 4) is 5.75 Å². The zero-order valence-corrected chi connectivity index (χ0v) is 15.2. The van der Waals surface area contributed by atoms with Gasteiger partial charge in [-0.3, -0.25) is 14.9 Å². The maximum atomic E-state index is 11.8. The van der Waals surface area contributed by atoms with Crippen LogP contribution in [0, 0.1) is 17.0 Å². The number of ether oxygens (including phenoxy) is 1. The predicted octanol–water partition coefficient (Wildman–Crippen LogP) is 3.58. The normalized spacial score (nSPS) is 11.1. The molecule has 7 nitrogen and oxygen atoms in total. The molecule has 0 unspecified atom stereocenters. The molecule has 0 fully saturated rings. The van der Waals surface area contributed by atoms with Crippen LogP contribution in [0.15, 0.2) is 52.0 Å². The first-order chi connectivity index (χ1) is 11.9. The Balaban J connectivity index is 1.93. The zero-order chi connectivity index (χ0) is 18.4. The third-order valence-corrected chi connectivity index (χ3v) is 4.21. The molecule has 1 amide bonds. The lowest BCUT2D eigenvalue weighted by Crippen LogP contribution is -2.25. The summed E-state index contributed by atoms with van der Waals surface area (Å²) in [6, 6.07) is 11.4. The Labute approximate surface area is 153 Å². The van der Waals surface area contributed by atoms with Gasteiger partial charge in [-0.15, -0.1) is 0 Å². The van der Waals surface area contributed by atoms with Crippen LogP contribution in [0.1, 0.15) is 18.1 Å². The number of amides is 1. The number of halogens is 1. The molecule has 25 heavy (non-hydrogen) atoms. The standard InChI is InChI=1S/C17H16BrN3O4/c1-11-8-15(6-7-16(11)18)25-10-17(22)20-19-12(2)13-4-3-5-14(9-13)21(23)24/h3-9H,10H2,1-2H3,(H,20,22)/b19-12+. The molecule has 2 aromatic carbocycles. The van der Waals surface area contributed by atoms with Crippen LogP contribution < -0.4 is 10.2 Å². The average Bonchev–Trinajstić information content (AvgIpc) is 2.60. The van der Waals surface area contributed by atoms with E-state index in [1.807, 2.05) is 19.1 Å². The summed E-state index contributed by atoms with van der Waals surface area (Å²) < 4.78 is 6.36. The topological polar surface area (TPSA) is 93.8 Å². The van der Waals surface area contributed by atoms with E-state index < -0.39 is 10.8 Å². The molecule has 0 heterocycles. The first kappa shape index (κ1) is 18.6. The number of carbonyl (C=O) groups is 1. The SMILES string of the molecule is C/C(=N\NC(=O)COc1ccc(Br)c(C)c1)c1cccc([N+](=O)[O-])c1. The van der Waals surface area contributed by atoms with Gasteiger partial charge < -0.3 is 4.74 Å². The number of hydrogen-bond donors (Lipinski definition) is 1. The molecule has 0 radical (unpaired) electrons. The van der Waals surface area contributed by atoms with Gasteiger partial charge in [0.2, 0.25) is 0 Å². The Morgan fingerprint density at radius 2 is 2.08 bits per heavy atom. The van der Waals surface area contributed by atoms with Crippen LogP contribution in [-0.2, 0) is 4.79 Å². The van der Waals surface area contributed by atoms with Crippen LogP contribution in [0.4, 0.5) is 5.69 Å². The van der Waals surface area contributed by atoms with Gasteiger partial charge in [-0.1, -0.05) is 28.1 Å². The van der Waals surface area contributed by atoms with Gasteiger partial charge in [0.25, 0.3) is 11.6 Å². The molecule has 0 saturated carbocycles. The largest absolute Gasteiger partial charge is 0.484 e. The van der Waals surface area contributed by atoms with Crippen molar-refractivity contribution in [3.05, 3.63) is 68.2 Å². The fraction of sp³-hybridized carbons (Fsp3) is 0.176. The second kappa shape index (κ2) is 8.39. The molecule has 0 bridgehead atoms. The molecule has 0 spiro atoms. The fourth-order valence-corrected chi connectivity index (χ4v) is 2.19. The minimum Gasteiger partial charge on any atom is -0.484 e. The third-order valence-electron chi connectivity index (χ3n) is 3.32. The van der Waals surface area contributed by atoms with Crippen LogP contribution in [0.5, 0.6) is 5.75 Å². The highest BCUT2D eigenvalue weighted by Gasteiger charge is 2.08. The summed E-state index contributed by atoms with van der Waals surface area (Å²) in [5.41, 5.74) is 4.34. The number of non-ortho nitro benzene ring substituents is 1. The second-order valence-electron chi connectivity index (χ2n) is 5.24. The summed E-state index contributed by atoms with van der Waals surface area (Å²) in [5, 5.41) is 14.7. The van der Waals surface area contributed by atoms with Crippen molar-refractivity contribution in [2.45, 2.75) is 13.8 Å². The summed E-state index contributed by atoms with van der Waals surface area (Å²) in [6.07, 6.45) is 0. The number of nitro benzene ring substituents is 1. The molecule has 0 aliphatic rings. The number of nitrogens with zero attached hydrogens (tertiary/aromatic N) is 2. The van der Waals surface area contributed by atoms with Crippen molar-refractivity contribution in [2.24, 2.45) is 5.10 Å². The van der Waals surface area contributed by atoms with E-state index in [9.17, 15) is 14.9 Å². The van der Waals surface area contributed by atoms with Crippen molar-refractivity contribution in [1.29, 1.82) is 0 Å². The monoisotopic (exact) mass is 405 g/mol. The van der Waals surface area contributed by atoms with Gasteiger partial charge in [-0.25, -0.2) is 5.43 Å². The maximum absolute atomic E-state index is 11.8. The van der Waals surface area contributed by atoms with Gasteiger partial charge in [0.05, 0.1) is 10.6 Å². The van der Waals surface area contributed by atoms with E-state index in [1.54, 1.807) is 25.1 Å². The molecule has 130 valence electrons. The second-order valence-corrected chi connectivity index (χ2v) is 6.09. The highest BCUT2D eigenvalue weighted by Crippen LogP contribution is 2.21. The van der Waals surface area contributed by atoms with Gasteiger partial charge in [0.1, 0.15) is 5.75 Å². The summed E-state index contributed by atoms with van der Waals surface area (Å²) in [5.74, 6) is 0.153. The first-order valence-corrected chi connectivity index (χ1v) is 8.13. The van der Waals surface area contributed by atoms with Crippen LogP contribution in [-0.4, -0.2) is 23.1 Å². The molecule has 1 N–H and O–H groups in total.